The van der Waals surface area contributed by atoms with Crippen molar-refractivity contribution < 1.29 is 4.79 Å². The van der Waals surface area contributed by atoms with Crippen LogP contribution in [0.1, 0.15) is 37.8 Å². The molecule has 1 unspecified atom stereocenters. The third-order valence-electron chi connectivity index (χ3n) is 3.37. The highest BCUT2D eigenvalue weighted by Gasteiger charge is 2.19. The molecule has 1 rings (SSSR count). The Morgan fingerprint density at radius 1 is 1.33 bits per heavy atom. The minimum absolute atomic E-state index is 0.0708. The molecule has 0 aliphatic rings. The maximum Gasteiger partial charge on any atom is 0.230 e. The van der Waals surface area contributed by atoms with E-state index in [1.54, 1.807) is 4.90 Å². The number of nitrogens with zero attached hydrogens (tertiary/aromatic N) is 1. The van der Waals surface area contributed by atoms with E-state index in [4.69, 9.17) is 5.73 Å². The SMILES string of the molecule is Cc1ccc(C(C)C)cc1N(C)C(=O)C(C)CN. The summed E-state index contributed by atoms with van der Waals surface area (Å²) in [6.45, 7) is 8.57. The molecule has 100 valence electrons. The van der Waals surface area contributed by atoms with Crippen molar-refractivity contribution in [2.75, 3.05) is 18.5 Å². The summed E-state index contributed by atoms with van der Waals surface area (Å²) in [5.41, 5.74) is 8.89. The second-order valence-electron chi connectivity index (χ2n) is 5.23. The van der Waals surface area contributed by atoms with Crippen LogP contribution in [0.15, 0.2) is 18.2 Å². The van der Waals surface area contributed by atoms with Gasteiger partial charge in [-0.05, 0) is 30.0 Å². The molecule has 1 amide bonds. The summed E-state index contributed by atoms with van der Waals surface area (Å²) in [4.78, 5) is 13.9. The van der Waals surface area contributed by atoms with Crippen LogP contribution in [0, 0.1) is 12.8 Å². The molecule has 1 aromatic rings. The van der Waals surface area contributed by atoms with Crippen LogP contribution < -0.4 is 10.6 Å². The highest BCUT2D eigenvalue weighted by Crippen LogP contribution is 2.25. The van der Waals surface area contributed by atoms with E-state index in [2.05, 4.69) is 32.0 Å². The van der Waals surface area contributed by atoms with Gasteiger partial charge in [0, 0.05) is 25.2 Å². The van der Waals surface area contributed by atoms with E-state index < -0.39 is 0 Å². The molecule has 0 heterocycles. The van der Waals surface area contributed by atoms with Crippen LogP contribution in [0.5, 0.6) is 0 Å². The third-order valence-corrected chi connectivity index (χ3v) is 3.37. The Hall–Kier alpha value is -1.35. The van der Waals surface area contributed by atoms with Crippen molar-refractivity contribution in [2.45, 2.75) is 33.6 Å². The third kappa shape index (κ3) is 3.10. The van der Waals surface area contributed by atoms with E-state index in [1.165, 1.54) is 5.56 Å². The van der Waals surface area contributed by atoms with Crippen molar-refractivity contribution in [3.63, 3.8) is 0 Å². The summed E-state index contributed by atoms with van der Waals surface area (Å²) >= 11 is 0. The normalized spacial score (nSPS) is 12.6. The van der Waals surface area contributed by atoms with Crippen LogP contribution in [0.25, 0.3) is 0 Å². The summed E-state index contributed by atoms with van der Waals surface area (Å²) in [5.74, 6) is 0.387. The number of nitrogens with two attached hydrogens (primary N) is 1. The number of carbonyl (C=O) groups is 1. The van der Waals surface area contributed by atoms with Gasteiger partial charge in [0.15, 0.2) is 0 Å². The summed E-state index contributed by atoms with van der Waals surface area (Å²) in [6.07, 6.45) is 0. The van der Waals surface area contributed by atoms with E-state index >= 15 is 0 Å². The van der Waals surface area contributed by atoms with Crippen LogP contribution in [-0.4, -0.2) is 19.5 Å². The van der Waals surface area contributed by atoms with E-state index in [0.717, 1.165) is 11.3 Å². The first kappa shape index (κ1) is 14.7. The lowest BCUT2D eigenvalue weighted by Gasteiger charge is -2.23. The first-order valence-electron chi connectivity index (χ1n) is 6.46. The molecular weight excluding hydrogens is 224 g/mol. The summed E-state index contributed by atoms with van der Waals surface area (Å²) < 4.78 is 0. The number of carbonyl (C=O) groups excluding carboxylic acids is 1. The average molecular weight is 248 g/mol. The Morgan fingerprint density at radius 3 is 2.44 bits per heavy atom. The zero-order valence-corrected chi connectivity index (χ0v) is 12.0. The predicted molar refractivity (Wildman–Crippen MR) is 76.9 cm³/mol. The van der Waals surface area contributed by atoms with Crippen molar-refractivity contribution in [3.05, 3.63) is 29.3 Å². The number of rotatable bonds is 4. The molecule has 0 spiro atoms. The predicted octanol–water partition coefficient (Wildman–Crippen LogP) is 2.68. The summed E-state index contributed by atoms with van der Waals surface area (Å²) in [6, 6.07) is 6.29. The van der Waals surface area contributed by atoms with E-state index in [-0.39, 0.29) is 11.8 Å². The molecule has 0 saturated carbocycles. The Morgan fingerprint density at radius 2 is 1.94 bits per heavy atom. The van der Waals surface area contributed by atoms with Gasteiger partial charge >= 0.3 is 0 Å². The highest BCUT2D eigenvalue weighted by molar-refractivity contribution is 5.95. The zero-order chi connectivity index (χ0) is 13.9. The van der Waals surface area contributed by atoms with Gasteiger partial charge < -0.3 is 10.6 Å². The molecule has 0 aliphatic carbocycles. The Bertz CT molecular complexity index is 427. The molecule has 0 aliphatic heterocycles. The van der Waals surface area contributed by atoms with Gasteiger partial charge in [-0.3, -0.25) is 4.79 Å². The van der Waals surface area contributed by atoms with Gasteiger partial charge in [0.1, 0.15) is 0 Å². The minimum atomic E-state index is -0.142. The fourth-order valence-electron chi connectivity index (χ4n) is 1.90. The number of hydrogen-bond donors (Lipinski definition) is 1. The van der Waals surface area contributed by atoms with Crippen LogP contribution in [0.4, 0.5) is 5.69 Å². The van der Waals surface area contributed by atoms with Crippen molar-refractivity contribution in [3.8, 4) is 0 Å². The van der Waals surface area contributed by atoms with Crippen LogP contribution in [0.2, 0.25) is 0 Å². The average Bonchev–Trinajstić information content (AvgIpc) is 2.36. The number of amides is 1. The van der Waals surface area contributed by atoms with Gasteiger partial charge in [-0.15, -0.1) is 0 Å². The lowest BCUT2D eigenvalue weighted by atomic mass is 9.99. The van der Waals surface area contributed by atoms with Crippen molar-refractivity contribution in [1.82, 2.24) is 0 Å². The van der Waals surface area contributed by atoms with Crippen molar-refractivity contribution in [1.29, 1.82) is 0 Å². The second kappa shape index (κ2) is 6.01. The van der Waals surface area contributed by atoms with Gasteiger partial charge in [-0.2, -0.15) is 0 Å². The van der Waals surface area contributed by atoms with Gasteiger partial charge in [0.05, 0.1) is 0 Å². The number of anilines is 1. The van der Waals surface area contributed by atoms with Gasteiger partial charge in [0.2, 0.25) is 5.91 Å². The lowest BCUT2D eigenvalue weighted by molar-refractivity contribution is -0.121. The summed E-state index contributed by atoms with van der Waals surface area (Å²) in [5, 5.41) is 0. The number of benzene rings is 1. The van der Waals surface area contributed by atoms with Crippen molar-refractivity contribution >= 4 is 11.6 Å². The van der Waals surface area contributed by atoms with Gasteiger partial charge in [-0.25, -0.2) is 0 Å². The monoisotopic (exact) mass is 248 g/mol. The van der Waals surface area contributed by atoms with Crippen molar-refractivity contribution in [2.24, 2.45) is 11.7 Å². The Kier molecular flexibility index (Phi) is 4.91. The van der Waals surface area contributed by atoms with Crippen LogP contribution in [-0.2, 0) is 4.79 Å². The fraction of sp³-hybridized carbons (Fsp3) is 0.533. The van der Waals surface area contributed by atoms with Crippen LogP contribution >= 0.6 is 0 Å². The molecule has 0 radical (unpaired) electrons. The molecule has 1 atom stereocenters. The first-order chi connectivity index (χ1) is 8.38. The molecular formula is C15H24N2O. The molecule has 2 N–H and O–H groups in total. The highest BCUT2D eigenvalue weighted by atomic mass is 16.2. The fourth-order valence-corrected chi connectivity index (χ4v) is 1.90. The molecule has 0 fully saturated rings. The molecule has 3 nitrogen and oxygen atoms in total. The standard InChI is InChI=1S/C15H24N2O/c1-10(2)13-7-6-11(3)14(8-13)17(5)15(18)12(4)9-16/h6-8,10,12H,9,16H2,1-5H3. The molecule has 1 aromatic carbocycles. The summed E-state index contributed by atoms with van der Waals surface area (Å²) in [7, 11) is 1.82. The molecule has 3 heteroatoms. The molecule has 18 heavy (non-hydrogen) atoms. The quantitative estimate of drug-likeness (QED) is 0.890. The Labute approximate surface area is 110 Å². The second-order valence-corrected chi connectivity index (χ2v) is 5.23. The molecule has 0 saturated heterocycles. The first-order valence-corrected chi connectivity index (χ1v) is 6.46. The minimum Gasteiger partial charge on any atom is -0.330 e. The largest absolute Gasteiger partial charge is 0.330 e. The van der Waals surface area contributed by atoms with Gasteiger partial charge in [-0.1, -0.05) is 32.9 Å². The molecule has 0 aromatic heterocycles. The topological polar surface area (TPSA) is 46.3 Å². The number of hydrogen-bond acceptors (Lipinski definition) is 2. The maximum atomic E-state index is 12.2. The van der Waals surface area contributed by atoms with Crippen LogP contribution in [0.3, 0.4) is 0 Å². The number of aryl methyl sites for hydroxylation is 1. The zero-order valence-electron chi connectivity index (χ0n) is 12.0. The maximum absolute atomic E-state index is 12.2. The molecule has 0 bridgehead atoms. The van der Waals surface area contributed by atoms with E-state index in [0.29, 0.717) is 12.5 Å². The lowest BCUT2D eigenvalue weighted by Crippen LogP contribution is -2.35. The van der Waals surface area contributed by atoms with E-state index in [9.17, 15) is 4.79 Å². The van der Waals surface area contributed by atoms with E-state index in [1.807, 2.05) is 20.9 Å². The van der Waals surface area contributed by atoms with Gasteiger partial charge in [0.25, 0.3) is 0 Å². The Balaban J connectivity index is 3.08. The smallest absolute Gasteiger partial charge is 0.230 e.